The first-order valence-electron chi connectivity index (χ1n) is 8.39. The Morgan fingerprint density at radius 3 is 2.67 bits per heavy atom. The van der Waals surface area contributed by atoms with Gasteiger partial charge in [0.2, 0.25) is 5.90 Å². The van der Waals surface area contributed by atoms with Gasteiger partial charge in [0, 0.05) is 5.56 Å². The van der Waals surface area contributed by atoms with Crippen molar-refractivity contribution in [1.82, 2.24) is 0 Å². The molecular formula is C20H17FINO4. The number of aliphatic imine (C=N–C) groups is 1. The number of carbonyl (C=O) groups excluding carboxylic acids is 1. The Bertz CT molecular complexity index is 940. The van der Waals surface area contributed by atoms with Crippen LogP contribution in [0.1, 0.15) is 25.0 Å². The molecular weight excluding hydrogens is 464 g/mol. The molecule has 0 aromatic heterocycles. The summed E-state index contributed by atoms with van der Waals surface area (Å²) in [4.78, 5) is 16.4. The molecule has 0 fully saturated rings. The molecule has 0 saturated heterocycles. The topological polar surface area (TPSA) is 57.1 Å². The van der Waals surface area contributed by atoms with Crippen LogP contribution in [0, 0.1) is 9.39 Å². The zero-order valence-corrected chi connectivity index (χ0v) is 16.9. The summed E-state index contributed by atoms with van der Waals surface area (Å²) in [6.45, 7) is 4.79. The minimum atomic E-state index is -0.587. The summed E-state index contributed by atoms with van der Waals surface area (Å²) in [5, 5.41) is 0. The molecule has 2 aromatic rings. The van der Waals surface area contributed by atoms with Crippen LogP contribution in [0.4, 0.5) is 4.39 Å². The maximum atomic E-state index is 13.4. The van der Waals surface area contributed by atoms with Crippen LogP contribution in [-0.4, -0.2) is 25.1 Å². The summed E-state index contributed by atoms with van der Waals surface area (Å²) in [7, 11) is 0. The molecule has 0 N–H and O–H groups in total. The van der Waals surface area contributed by atoms with Gasteiger partial charge >= 0.3 is 5.97 Å². The number of hydrogen-bond acceptors (Lipinski definition) is 5. The Morgan fingerprint density at radius 1 is 1.19 bits per heavy atom. The molecule has 1 aliphatic heterocycles. The van der Waals surface area contributed by atoms with Crippen molar-refractivity contribution in [2.24, 2.45) is 4.99 Å². The lowest BCUT2D eigenvalue weighted by atomic mass is 10.1. The molecule has 0 radical (unpaired) electrons. The summed E-state index contributed by atoms with van der Waals surface area (Å²) >= 11 is 2.16. The van der Waals surface area contributed by atoms with Crippen LogP contribution in [0.15, 0.2) is 47.1 Å². The van der Waals surface area contributed by atoms with E-state index >= 15 is 0 Å². The quantitative estimate of drug-likeness (QED) is 0.345. The Labute approximate surface area is 170 Å². The highest BCUT2D eigenvalue weighted by molar-refractivity contribution is 14.1. The first kappa shape index (κ1) is 19.3. The van der Waals surface area contributed by atoms with Crippen molar-refractivity contribution in [3.8, 4) is 11.5 Å². The van der Waals surface area contributed by atoms with Gasteiger partial charge in [-0.3, -0.25) is 0 Å². The Hall–Kier alpha value is -2.42. The van der Waals surface area contributed by atoms with E-state index in [1.165, 1.54) is 18.2 Å². The fraction of sp³-hybridized carbons (Fsp3) is 0.200. The number of hydrogen-bond donors (Lipinski definition) is 0. The monoisotopic (exact) mass is 481 g/mol. The van der Waals surface area contributed by atoms with Crippen molar-refractivity contribution in [2.75, 3.05) is 13.2 Å². The number of rotatable bonds is 6. The summed E-state index contributed by atoms with van der Waals surface area (Å²) < 4.78 is 30.7. The Kier molecular flexibility index (Phi) is 6.10. The third-order valence-corrected chi connectivity index (χ3v) is 4.42. The van der Waals surface area contributed by atoms with Crippen LogP contribution < -0.4 is 9.47 Å². The maximum Gasteiger partial charge on any atom is 0.363 e. The molecule has 140 valence electrons. The molecule has 0 aliphatic carbocycles. The molecule has 27 heavy (non-hydrogen) atoms. The maximum absolute atomic E-state index is 13.4. The molecule has 7 heteroatoms. The van der Waals surface area contributed by atoms with E-state index < -0.39 is 11.8 Å². The van der Waals surface area contributed by atoms with Crippen LogP contribution in [0.25, 0.3) is 6.08 Å². The predicted octanol–water partition coefficient (Wildman–Crippen LogP) is 4.57. The number of halogens is 2. The van der Waals surface area contributed by atoms with Gasteiger partial charge < -0.3 is 14.2 Å². The second-order valence-corrected chi connectivity index (χ2v) is 6.70. The first-order valence-corrected chi connectivity index (χ1v) is 9.47. The lowest BCUT2D eigenvalue weighted by Gasteiger charge is -2.13. The van der Waals surface area contributed by atoms with Gasteiger partial charge in [-0.2, -0.15) is 0 Å². The van der Waals surface area contributed by atoms with Gasteiger partial charge in [0.05, 0.1) is 16.8 Å². The lowest BCUT2D eigenvalue weighted by Crippen LogP contribution is -2.05. The van der Waals surface area contributed by atoms with Crippen LogP contribution in [0.5, 0.6) is 11.5 Å². The van der Waals surface area contributed by atoms with E-state index in [9.17, 15) is 9.18 Å². The Balaban J connectivity index is 1.97. The van der Waals surface area contributed by atoms with E-state index in [0.717, 1.165) is 9.13 Å². The largest absolute Gasteiger partial charge is 0.490 e. The molecule has 3 rings (SSSR count). The smallest absolute Gasteiger partial charge is 0.363 e. The van der Waals surface area contributed by atoms with Crippen molar-refractivity contribution in [2.45, 2.75) is 13.8 Å². The fourth-order valence-electron chi connectivity index (χ4n) is 2.53. The van der Waals surface area contributed by atoms with Crippen LogP contribution in [0.2, 0.25) is 0 Å². The van der Waals surface area contributed by atoms with Crippen LogP contribution >= 0.6 is 22.6 Å². The van der Waals surface area contributed by atoms with Crippen molar-refractivity contribution in [1.29, 1.82) is 0 Å². The van der Waals surface area contributed by atoms with E-state index in [4.69, 9.17) is 14.2 Å². The molecule has 1 heterocycles. The normalized spacial score (nSPS) is 14.9. The van der Waals surface area contributed by atoms with Gasteiger partial charge in [-0.05, 0) is 78.4 Å². The second-order valence-electron chi connectivity index (χ2n) is 5.54. The predicted molar refractivity (Wildman–Crippen MR) is 109 cm³/mol. The van der Waals surface area contributed by atoms with Crippen molar-refractivity contribution in [3.63, 3.8) is 0 Å². The SMILES string of the molecule is CCOc1cc(C=C2N=C(c3cccc(F)c3)OC2=O)cc(I)c1OCC. The van der Waals surface area contributed by atoms with Gasteiger partial charge in [-0.15, -0.1) is 0 Å². The van der Waals surface area contributed by atoms with Gasteiger partial charge in [0.15, 0.2) is 17.2 Å². The highest BCUT2D eigenvalue weighted by Gasteiger charge is 2.24. The summed E-state index contributed by atoms with van der Waals surface area (Å²) in [5.41, 5.74) is 1.27. The third kappa shape index (κ3) is 4.47. The van der Waals surface area contributed by atoms with E-state index in [0.29, 0.717) is 30.3 Å². The summed E-state index contributed by atoms with van der Waals surface area (Å²) in [6, 6.07) is 9.39. The van der Waals surface area contributed by atoms with Crippen LogP contribution in [0.3, 0.4) is 0 Å². The van der Waals surface area contributed by atoms with Gasteiger partial charge in [-0.25, -0.2) is 14.2 Å². The van der Waals surface area contributed by atoms with Crippen molar-refractivity contribution in [3.05, 3.63) is 62.6 Å². The highest BCUT2D eigenvalue weighted by Crippen LogP contribution is 2.35. The minimum absolute atomic E-state index is 0.0800. The number of esters is 1. The molecule has 2 aromatic carbocycles. The average molecular weight is 481 g/mol. The summed E-state index contributed by atoms with van der Waals surface area (Å²) in [5.74, 6) is 0.331. The van der Waals surface area contributed by atoms with Crippen molar-refractivity contribution >= 4 is 40.5 Å². The van der Waals surface area contributed by atoms with Crippen molar-refractivity contribution < 1.29 is 23.4 Å². The number of benzene rings is 2. The second kappa shape index (κ2) is 8.51. The molecule has 0 amide bonds. The minimum Gasteiger partial charge on any atom is -0.490 e. The molecule has 1 aliphatic rings. The highest BCUT2D eigenvalue weighted by atomic mass is 127. The number of ether oxygens (including phenoxy) is 3. The standard InChI is InChI=1S/C20H17FINO4/c1-3-25-17-10-12(8-15(22)18(17)26-4-2)9-16-20(24)27-19(23-16)13-6-5-7-14(21)11-13/h5-11H,3-4H2,1-2H3. The Morgan fingerprint density at radius 2 is 1.96 bits per heavy atom. The fourth-order valence-corrected chi connectivity index (χ4v) is 3.31. The number of carbonyl (C=O) groups is 1. The zero-order chi connectivity index (χ0) is 19.4. The molecule has 0 unspecified atom stereocenters. The molecule has 0 bridgehead atoms. The van der Waals surface area contributed by atoms with E-state index in [1.807, 2.05) is 19.9 Å². The molecule has 0 atom stereocenters. The van der Waals surface area contributed by atoms with Gasteiger partial charge in [-0.1, -0.05) is 6.07 Å². The zero-order valence-electron chi connectivity index (χ0n) is 14.8. The van der Waals surface area contributed by atoms with Crippen LogP contribution in [-0.2, 0) is 9.53 Å². The lowest BCUT2D eigenvalue weighted by molar-refractivity contribution is -0.129. The number of nitrogens with zero attached hydrogens (tertiary/aromatic N) is 1. The molecule has 0 spiro atoms. The van der Waals surface area contributed by atoms with Gasteiger partial charge in [0.1, 0.15) is 5.82 Å². The van der Waals surface area contributed by atoms with E-state index in [2.05, 4.69) is 27.6 Å². The molecule has 5 nitrogen and oxygen atoms in total. The summed E-state index contributed by atoms with van der Waals surface area (Å²) in [6.07, 6.45) is 1.61. The average Bonchev–Trinajstić information content (AvgIpc) is 2.99. The molecule has 0 saturated carbocycles. The number of cyclic esters (lactones) is 1. The van der Waals surface area contributed by atoms with Gasteiger partial charge in [0.25, 0.3) is 0 Å². The first-order chi connectivity index (χ1) is 13.0. The van der Waals surface area contributed by atoms with E-state index in [-0.39, 0.29) is 11.6 Å². The third-order valence-electron chi connectivity index (χ3n) is 3.62. The van der Waals surface area contributed by atoms with E-state index in [1.54, 1.807) is 18.2 Å².